The highest BCUT2D eigenvalue weighted by Gasteiger charge is 2.25. The Labute approximate surface area is 128 Å². The predicted octanol–water partition coefficient (Wildman–Crippen LogP) is 0.871. The molecule has 122 valence electrons. The van der Waals surface area contributed by atoms with Crippen molar-refractivity contribution in [1.29, 1.82) is 0 Å². The van der Waals surface area contributed by atoms with E-state index in [4.69, 9.17) is 5.73 Å². The van der Waals surface area contributed by atoms with E-state index in [9.17, 15) is 9.59 Å². The molecule has 0 saturated carbocycles. The van der Waals surface area contributed by atoms with Gasteiger partial charge in [-0.2, -0.15) is 0 Å². The first kappa shape index (κ1) is 17.8. The van der Waals surface area contributed by atoms with E-state index >= 15 is 0 Å². The topological polar surface area (TPSA) is 78.7 Å². The van der Waals surface area contributed by atoms with Crippen LogP contribution in [-0.4, -0.2) is 61.0 Å². The number of hydrogen-bond donors (Lipinski definition) is 2. The number of urea groups is 1. The van der Waals surface area contributed by atoms with Crippen molar-refractivity contribution in [3.05, 3.63) is 0 Å². The molecule has 0 spiro atoms. The van der Waals surface area contributed by atoms with E-state index < -0.39 is 0 Å². The second kappa shape index (κ2) is 8.87. The molecule has 1 rings (SSSR count). The third-order valence-electron chi connectivity index (χ3n) is 3.85. The van der Waals surface area contributed by atoms with Crippen molar-refractivity contribution in [3.63, 3.8) is 0 Å². The number of carbonyl (C=O) groups is 2. The number of nitrogens with two attached hydrogens (primary N) is 1. The van der Waals surface area contributed by atoms with E-state index in [2.05, 4.69) is 19.2 Å². The lowest BCUT2D eigenvalue weighted by Gasteiger charge is -2.35. The van der Waals surface area contributed by atoms with Crippen LogP contribution in [0.25, 0.3) is 0 Å². The Bertz CT molecular complexity index is 339. The first-order chi connectivity index (χ1) is 9.97. The highest BCUT2D eigenvalue weighted by Crippen LogP contribution is 2.16. The summed E-state index contributed by atoms with van der Waals surface area (Å²) in [5.74, 6) is 0.988. The molecule has 1 aliphatic heterocycles. The summed E-state index contributed by atoms with van der Waals surface area (Å²) >= 11 is 0. The van der Waals surface area contributed by atoms with Crippen molar-refractivity contribution in [2.75, 3.05) is 39.3 Å². The molecular weight excluding hydrogens is 268 g/mol. The molecule has 3 N–H and O–H groups in total. The molecule has 0 aromatic carbocycles. The van der Waals surface area contributed by atoms with Crippen molar-refractivity contribution < 1.29 is 9.59 Å². The number of amides is 3. The molecular formula is C15H30N4O2. The first-order valence-electron chi connectivity index (χ1n) is 7.98. The van der Waals surface area contributed by atoms with Gasteiger partial charge in [0.1, 0.15) is 0 Å². The summed E-state index contributed by atoms with van der Waals surface area (Å²) < 4.78 is 0. The normalized spacial score (nSPS) is 17.0. The highest BCUT2D eigenvalue weighted by molar-refractivity contribution is 5.78. The van der Waals surface area contributed by atoms with Crippen LogP contribution in [0, 0.1) is 11.8 Å². The molecule has 1 saturated heterocycles. The van der Waals surface area contributed by atoms with Gasteiger partial charge in [-0.1, -0.05) is 13.8 Å². The molecule has 1 aliphatic rings. The zero-order chi connectivity index (χ0) is 15.8. The molecule has 0 aromatic rings. The Morgan fingerprint density at radius 3 is 2.19 bits per heavy atom. The van der Waals surface area contributed by atoms with Crippen LogP contribution >= 0.6 is 0 Å². The second-order valence-corrected chi connectivity index (χ2v) is 6.14. The van der Waals surface area contributed by atoms with Gasteiger partial charge in [0.2, 0.25) is 5.91 Å². The summed E-state index contributed by atoms with van der Waals surface area (Å²) in [5, 5.41) is 2.79. The molecule has 3 amide bonds. The third kappa shape index (κ3) is 5.91. The van der Waals surface area contributed by atoms with Crippen LogP contribution in [0.4, 0.5) is 4.79 Å². The van der Waals surface area contributed by atoms with Gasteiger partial charge in [-0.3, -0.25) is 4.79 Å². The Balaban J connectivity index is 2.39. The fourth-order valence-corrected chi connectivity index (χ4v) is 2.73. The molecule has 6 nitrogen and oxygen atoms in total. The van der Waals surface area contributed by atoms with E-state index in [1.165, 1.54) is 0 Å². The van der Waals surface area contributed by atoms with Crippen LogP contribution < -0.4 is 11.1 Å². The summed E-state index contributed by atoms with van der Waals surface area (Å²) in [5.41, 5.74) is 5.76. The average Bonchev–Trinajstić information content (AvgIpc) is 2.46. The minimum Gasteiger partial charge on any atom is -0.339 e. The smallest absolute Gasteiger partial charge is 0.317 e. The summed E-state index contributed by atoms with van der Waals surface area (Å²) in [4.78, 5) is 27.6. The Morgan fingerprint density at radius 2 is 1.71 bits per heavy atom. The zero-order valence-corrected chi connectivity index (χ0v) is 13.6. The van der Waals surface area contributed by atoms with Crippen LogP contribution in [0.2, 0.25) is 0 Å². The van der Waals surface area contributed by atoms with Crippen molar-refractivity contribution in [2.24, 2.45) is 17.6 Å². The molecule has 0 radical (unpaired) electrons. The van der Waals surface area contributed by atoms with Gasteiger partial charge in [-0.05, 0) is 31.7 Å². The zero-order valence-electron chi connectivity index (χ0n) is 13.6. The Morgan fingerprint density at radius 1 is 1.14 bits per heavy atom. The number of rotatable bonds is 6. The van der Waals surface area contributed by atoms with E-state index in [0.717, 1.165) is 6.42 Å². The maximum absolute atomic E-state index is 12.3. The lowest BCUT2D eigenvalue weighted by Crippen LogP contribution is -2.53. The molecule has 21 heavy (non-hydrogen) atoms. The minimum absolute atomic E-state index is 0.0377. The number of piperazine rings is 1. The standard InChI is InChI=1S/C15H30N4O2/c1-4-17-15(21)19-7-5-18(6-8-19)14(20)10-13(11-16)9-12(2)3/h12-13H,4-11,16H2,1-3H3,(H,17,21). The molecule has 1 fully saturated rings. The van der Waals surface area contributed by atoms with Gasteiger partial charge in [0, 0.05) is 39.1 Å². The highest BCUT2D eigenvalue weighted by atomic mass is 16.2. The predicted molar refractivity (Wildman–Crippen MR) is 83.8 cm³/mol. The van der Waals surface area contributed by atoms with Crippen molar-refractivity contribution in [1.82, 2.24) is 15.1 Å². The van der Waals surface area contributed by atoms with E-state index in [-0.39, 0.29) is 17.9 Å². The van der Waals surface area contributed by atoms with Crippen LogP contribution in [0.5, 0.6) is 0 Å². The van der Waals surface area contributed by atoms with Crippen molar-refractivity contribution >= 4 is 11.9 Å². The van der Waals surface area contributed by atoms with Crippen LogP contribution in [0.3, 0.4) is 0 Å². The van der Waals surface area contributed by atoms with E-state index in [0.29, 0.717) is 51.6 Å². The van der Waals surface area contributed by atoms with Crippen molar-refractivity contribution in [3.8, 4) is 0 Å². The van der Waals surface area contributed by atoms with Crippen LogP contribution in [0.15, 0.2) is 0 Å². The maximum Gasteiger partial charge on any atom is 0.317 e. The number of carbonyl (C=O) groups excluding carboxylic acids is 2. The quantitative estimate of drug-likeness (QED) is 0.764. The number of hydrogen-bond acceptors (Lipinski definition) is 3. The van der Waals surface area contributed by atoms with Gasteiger partial charge in [0.25, 0.3) is 0 Å². The number of nitrogens with one attached hydrogen (secondary N) is 1. The minimum atomic E-state index is -0.0377. The SMILES string of the molecule is CCNC(=O)N1CCN(C(=O)CC(CN)CC(C)C)CC1. The van der Waals surface area contributed by atoms with Crippen molar-refractivity contribution in [2.45, 2.75) is 33.6 Å². The lowest BCUT2D eigenvalue weighted by molar-refractivity contribution is -0.133. The second-order valence-electron chi connectivity index (χ2n) is 6.14. The van der Waals surface area contributed by atoms with Crippen LogP contribution in [-0.2, 0) is 4.79 Å². The summed E-state index contributed by atoms with van der Waals surface area (Å²) in [6.45, 7) is 9.85. The monoisotopic (exact) mass is 298 g/mol. The summed E-state index contributed by atoms with van der Waals surface area (Å²) in [6, 6.07) is -0.0377. The molecule has 1 unspecified atom stereocenters. The fourth-order valence-electron chi connectivity index (χ4n) is 2.73. The number of nitrogens with zero attached hydrogens (tertiary/aromatic N) is 2. The van der Waals surface area contributed by atoms with Gasteiger partial charge in [-0.25, -0.2) is 4.79 Å². The molecule has 0 aromatic heterocycles. The lowest BCUT2D eigenvalue weighted by atomic mass is 9.93. The fraction of sp³-hybridized carbons (Fsp3) is 0.867. The van der Waals surface area contributed by atoms with Gasteiger partial charge in [-0.15, -0.1) is 0 Å². The Kier molecular flexibility index (Phi) is 7.50. The van der Waals surface area contributed by atoms with Crippen LogP contribution in [0.1, 0.15) is 33.6 Å². The van der Waals surface area contributed by atoms with Gasteiger partial charge < -0.3 is 20.9 Å². The van der Waals surface area contributed by atoms with Gasteiger partial charge >= 0.3 is 6.03 Å². The molecule has 6 heteroatoms. The van der Waals surface area contributed by atoms with Gasteiger partial charge in [0.05, 0.1) is 0 Å². The first-order valence-corrected chi connectivity index (χ1v) is 7.98. The molecule has 1 atom stereocenters. The summed E-state index contributed by atoms with van der Waals surface area (Å²) in [7, 11) is 0. The maximum atomic E-state index is 12.3. The summed E-state index contributed by atoms with van der Waals surface area (Å²) in [6.07, 6.45) is 1.51. The van der Waals surface area contributed by atoms with E-state index in [1.807, 2.05) is 11.8 Å². The van der Waals surface area contributed by atoms with E-state index in [1.54, 1.807) is 4.90 Å². The largest absolute Gasteiger partial charge is 0.339 e. The Hall–Kier alpha value is -1.30. The third-order valence-corrected chi connectivity index (χ3v) is 3.85. The molecule has 0 aliphatic carbocycles. The molecule has 0 bridgehead atoms. The van der Waals surface area contributed by atoms with Gasteiger partial charge in [0.15, 0.2) is 0 Å². The molecule has 1 heterocycles. The average molecular weight is 298 g/mol.